The van der Waals surface area contributed by atoms with Crippen LogP contribution in [0.15, 0.2) is 41.8 Å². The number of hydrogen-bond donors (Lipinski definition) is 1. The summed E-state index contributed by atoms with van der Waals surface area (Å²) in [4.78, 5) is 25.5. The van der Waals surface area contributed by atoms with Crippen LogP contribution in [0, 0.1) is 17.3 Å². The summed E-state index contributed by atoms with van der Waals surface area (Å²) in [6.07, 6.45) is 11.3. The van der Waals surface area contributed by atoms with Gasteiger partial charge in [-0.1, -0.05) is 18.2 Å². The van der Waals surface area contributed by atoms with E-state index in [-0.39, 0.29) is 5.91 Å². The van der Waals surface area contributed by atoms with Crippen molar-refractivity contribution in [1.82, 2.24) is 15.3 Å². The third-order valence-electron chi connectivity index (χ3n) is 8.22. The maximum Gasteiger partial charge on any atom is 0.220 e. The summed E-state index contributed by atoms with van der Waals surface area (Å²) in [7, 11) is 4.11. The number of nitrogens with zero attached hydrogens (tertiary/aromatic N) is 3. The van der Waals surface area contributed by atoms with Crippen molar-refractivity contribution in [3.05, 3.63) is 52.5 Å². The standard InChI is InChI=1S/C29H38N4OS/c1-33(2)28-24-9-3-4-10-25(24)31-26(32-28)13-12-22-19-29(22)16-14-21(15-17-29)20-30-27(34)11-5-7-23-8-6-18-35-23/h3-4,6,8-10,18,21-22H,5,7,11-17,19-20H2,1-2H3,(H,30,34)/t21?,22-,29?/m1/s1. The Balaban J connectivity index is 1.04. The number of benzene rings is 1. The first-order chi connectivity index (χ1) is 17.0. The second-order valence-electron chi connectivity index (χ2n) is 10.9. The molecule has 2 aromatic heterocycles. The zero-order chi connectivity index (χ0) is 24.3. The molecule has 5 rings (SSSR count). The van der Waals surface area contributed by atoms with E-state index in [1.165, 1.54) is 43.4 Å². The van der Waals surface area contributed by atoms with Crippen molar-refractivity contribution in [2.45, 2.75) is 64.2 Å². The quantitative estimate of drug-likeness (QED) is 0.377. The summed E-state index contributed by atoms with van der Waals surface area (Å²) >= 11 is 1.78. The third-order valence-corrected chi connectivity index (χ3v) is 9.16. The monoisotopic (exact) mass is 490 g/mol. The largest absolute Gasteiger partial charge is 0.362 e. The van der Waals surface area contributed by atoms with Crippen molar-refractivity contribution in [2.24, 2.45) is 17.3 Å². The van der Waals surface area contributed by atoms with Gasteiger partial charge in [-0.05, 0) is 92.2 Å². The second-order valence-corrected chi connectivity index (χ2v) is 11.9. The van der Waals surface area contributed by atoms with Crippen molar-refractivity contribution in [3.63, 3.8) is 0 Å². The fourth-order valence-corrected chi connectivity index (χ4v) is 6.75. The Morgan fingerprint density at radius 1 is 1.11 bits per heavy atom. The van der Waals surface area contributed by atoms with Crippen molar-refractivity contribution in [1.29, 1.82) is 0 Å². The molecule has 1 aromatic carbocycles. The normalized spacial score (nSPS) is 23.5. The number of anilines is 1. The molecule has 1 amide bonds. The zero-order valence-electron chi connectivity index (χ0n) is 21.1. The van der Waals surface area contributed by atoms with Crippen molar-refractivity contribution in [2.75, 3.05) is 25.5 Å². The number of carbonyl (C=O) groups is 1. The van der Waals surface area contributed by atoms with E-state index in [2.05, 4.69) is 66.1 Å². The Kier molecular flexibility index (Phi) is 7.37. The highest BCUT2D eigenvalue weighted by molar-refractivity contribution is 7.09. The van der Waals surface area contributed by atoms with E-state index in [9.17, 15) is 4.79 Å². The molecule has 2 saturated carbocycles. The molecule has 5 nitrogen and oxygen atoms in total. The van der Waals surface area contributed by atoms with E-state index in [4.69, 9.17) is 9.97 Å². The number of hydrogen-bond acceptors (Lipinski definition) is 5. The molecule has 1 spiro atoms. The molecule has 0 saturated heterocycles. The number of nitrogens with one attached hydrogen (secondary N) is 1. The van der Waals surface area contributed by atoms with Crippen LogP contribution in [0.3, 0.4) is 0 Å². The van der Waals surface area contributed by atoms with Gasteiger partial charge in [0.2, 0.25) is 5.91 Å². The highest BCUT2D eigenvalue weighted by Crippen LogP contribution is 2.63. The summed E-state index contributed by atoms with van der Waals surface area (Å²) in [5.74, 6) is 3.68. The number of carbonyl (C=O) groups excluding carboxylic acids is 1. The minimum absolute atomic E-state index is 0.221. The average molecular weight is 491 g/mol. The van der Waals surface area contributed by atoms with Gasteiger partial charge < -0.3 is 10.2 Å². The molecule has 0 aliphatic heterocycles. The van der Waals surface area contributed by atoms with Crippen LogP contribution >= 0.6 is 11.3 Å². The van der Waals surface area contributed by atoms with Crippen molar-refractivity contribution < 1.29 is 4.79 Å². The molecular formula is C29H38N4OS. The SMILES string of the molecule is CN(C)c1nc(CC[C@@H]2CC23CCC(CNC(=O)CCCc2cccs2)CC3)nc2ccccc12. The number of thiophene rings is 1. The minimum atomic E-state index is 0.221. The number of fused-ring (bicyclic) bond motifs is 1. The lowest BCUT2D eigenvalue weighted by Crippen LogP contribution is -2.31. The van der Waals surface area contributed by atoms with E-state index in [1.807, 2.05) is 0 Å². The molecule has 2 aliphatic rings. The Labute approximate surface area is 213 Å². The van der Waals surface area contributed by atoms with Gasteiger partial charge in [0.05, 0.1) is 5.52 Å². The minimum Gasteiger partial charge on any atom is -0.362 e. The van der Waals surface area contributed by atoms with Crippen LogP contribution in [0.1, 0.15) is 62.1 Å². The predicted molar refractivity (Wildman–Crippen MR) is 145 cm³/mol. The molecule has 3 aromatic rings. The summed E-state index contributed by atoms with van der Waals surface area (Å²) in [6.45, 7) is 0.858. The summed E-state index contributed by atoms with van der Waals surface area (Å²) in [5, 5.41) is 6.44. The van der Waals surface area contributed by atoms with Gasteiger partial charge in [-0.2, -0.15) is 0 Å². The van der Waals surface area contributed by atoms with Crippen molar-refractivity contribution >= 4 is 34.0 Å². The molecule has 35 heavy (non-hydrogen) atoms. The van der Waals surface area contributed by atoms with E-state index in [0.29, 0.717) is 17.8 Å². The Morgan fingerprint density at radius 3 is 2.71 bits per heavy atom. The highest BCUT2D eigenvalue weighted by Gasteiger charge is 2.53. The lowest BCUT2D eigenvalue weighted by molar-refractivity contribution is -0.121. The Morgan fingerprint density at radius 2 is 1.94 bits per heavy atom. The predicted octanol–water partition coefficient (Wildman–Crippen LogP) is 6.03. The molecule has 1 atom stereocenters. The van der Waals surface area contributed by atoms with Gasteiger partial charge in [0.15, 0.2) is 0 Å². The number of aromatic nitrogens is 2. The maximum absolute atomic E-state index is 12.3. The van der Waals surface area contributed by atoms with E-state index < -0.39 is 0 Å². The molecule has 2 heterocycles. The van der Waals surface area contributed by atoms with Gasteiger partial charge in [0.25, 0.3) is 0 Å². The number of aryl methyl sites for hydroxylation is 2. The fraction of sp³-hybridized carbons (Fsp3) is 0.552. The zero-order valence-corrected chi connectivity index (χ0v) is 21.9. The van der Waals surface area contributed by atoms with Crippen LogP contribution in [-0.4, -0.2) is 36.5 Å². The Bertz CT molecular complexity index is 1130. The van der Waals surface area contributed by atoms with Gasteiger partial charge in [0.1, 0.15) is 11.6 Å². The van der Waals surface area contributed by atoms with Crippen LogP contribution in [0.2, 0.25) is 0 Å². The number of amides is 1. The molecule has 186 valence electrons. The topological polar surface area (TPSA) is 58.1 Å². The molecule has 6 heteroatoms. The van der Waals surface area contributed by atoms with Crippen LogP contribution in [-0.2, 0) is 17.6 Å². The van der Waals surface area contributed by atoms with Gasteiger partial charge in [0, 0.05) is 43.7 Å². The first kappa shape index (κ1) is 24.2. The first-order valence-electron chi connectivity index (χ1n) is 13.2. The van der Waals surface area contributed by atoms with Gasteiger partial charge >= 0.3 is 0 Å². The first-order valence-corrected chi connectivity index (χ1v) is 14.1. The van der Waals surface area contributed by atoms with Crippen LogP contribution in [0.4, 0.5) is 5.82 Å². The molecule has 2 fully saturated rings. The average Bonchev–Trinajstić information content (AvgIpc) is 3.26. The second kappa shape index (κ2) is 10.7. The number of para-hydroxylation sites is 1. The summed E-state index contributed by atoms with van der Waals surface area (Å²) in [5.41, 5.74) is 1.60. The van der Waals surface area contributed by atoms with Gasteiger partial charge in [-0.25, -0.2) is 9.97 Å². The highest BCUT2D eigenvalue weighted by atomic mass is 32.1. The fourth-order valence-electron chi connectivity index (χ4n) is 6.00. The molecule has 0 bridgehead atoms. The molecule has 1 N–H and O–H groups in total. The van der Waals surface area contributed by atoms with Crippen LogP contribution in [0.25, 0.3) is 10.9 Å². The van der Waals surface area contributed by atoms with E-state index in [1.54, 1.807) is 11.3 Å². The summed E-state index contributed by atoms with van der Waals surface area (Å²) in [6, 6.07) is 12.5. The van der Waals surface area contributed by atoms with Gasteiger partial charge in [-0.3, -0.25) is 4.79 Å². The molecular weight excluding hydrogens is 452 g/mol. The summed E-state index contributed by atoms with van der Waals surface area (Å²) < 4.78 is 0. The molecule has 0 radical (unpaired) electrons. The lowest BCUT2D eigenvalue weighted by atomic mass is 9.78. The third kappa shape index (κ3) is 5.85. The van der Waals surface area contributed by atoms with Crippen molar-refractivity contribution in [3.8, 4) is 0 Å². The van der Waals surface area contributed by atoms with Crippen LogP contribution in [0.5, 0.6) is 0 Å². The molecule has 2 aliphatic carbocycles. The lowest BCUT2D eigenvalue weighted by Gasteiger charge is -2.29. The van der Waals surface area contributed by atoms with E-state index in [0.717, 1.165) is 54.3 Å². The van der Waals surface area contributed by atoms with Gasteiger partial charge in [-0.15, -0.1) is 11.3 Å². The maximum atomic E-state index is 12.3. The van der Waals surface area contributed by atoms with Crippen LogP contribution < -0.4 is 10.2 Å². The molecule has 0 unspecified atom stereocenters. The smallest absolute Gasteiger partial charge is 0.220 e. The number of rotatable bonds is 10. The van der Waals surface area contributed by atoms with E-state index >= 15 is 0 Å². The Hall–Kier alpha value is -2.47.